The number of hydrogen-bond acceptors (Lipinski definition) is 6. The van der Waals surface area contributed by atoms with E-state index in [4.69, 9.17) is 13.9 Å². The van der Waals surface area contributed by atoms with Crippen LogP contribution in [0.2, 0.25) is 0 Å². The Morgan fingerprint density at radius 1 is 1.37 bits per heavy atom. The SMILES string of the molecule is c1cc(-c2csc(OCCN3CCOCC3)n2)co1. The highest BCUT2D eigenvalue weighted by Gasteiger charge is 2.11. The Bertz CT molecular complexity index is 492. The van der Waals surface area contributed by atoms with Crippen LogP contribution in [0.5, 0.6) is 5.19 Å². The van der Waals surface area contributed by atoms with Gasteiger partial charge in [0, 0.05) is 30.6 Å². The molecule has 102 valence electrons. The predicted molar refractivity (Wildman–Crippen MR) is 72.6 cm³/mol. The second-order valence-corrected chi connectivity index (χ2v) is 5.13. The van der Waals surface area contributed by atoms with Crippen LogP contribution in [0.15, 0.2) is 28.4 Å². The minimum absolute atomic E-state index is 0.665. The van der Waals surface area contributed by atoms with E-state index in [0.29, 0.717) is 11.8 Å². The van der Waals surface area contributed by atoms with Crippen LogP contribution in [-0.4, -0.2) is 49.3 Å². The third kappa shape index (κ3) is 3.34. The molecule has 0 bridgehead atoms. The lowest BCUT2D eigenvalue weighted by Crippen LogP contribution is -2.38. The predicted octanol–water partition coefficient (Wildman–Crippen LogP) is 2.11. The summed E-state index contributed by atoms with van der Waals surface area (Å²) in [4.78, 5) is 6.77. The van der Waals surface area contributed by atoms with Crippen LogP contribution < -0.4 is 4.74 Å². The van der Waals surface area contributed by atoms with Gasteiger partial charge in [-0.05, 0) is 6.07 Å². The highest BCUT2D eigenvalue weighted by Crippen LogP contribution is 2.26. The van der Waals surface area contributed by atoms with Crippen LogP contribution in [0.25, 0.3) is 11.3 Å². The Kier molecular flexibility index (Phi) is 4.12. The molecular weight excluding hydrogens is 264 g/mol. The van der Waals surface area contributed by atoms with E-state index in [2.05, 4.69) is 9.88 Å². The van der Waals surface area contributed by atoms with Gasteiger partial charge >= 0.3 is 0 Å². The molecule has 0 radical (unpaired) electrons. The Balaban J connectivity index is 1.48. The van der Waals surface area contributed by atoms with E-state index in [9.17, 15) is 0 Å². The van der Waals surface area contributed by atoms with E-state index in [0.717, 1.165) is 44.1 Å². The maximum atomic E-state index is 5.68. The van der Waals surface area contributed by atoms with E-state index < -0.39 is 0 Å². The van der Waals surface area contributed by atoms with Crippen LogP contribution in [0.1, 0.15) is 0 Å². The topological polar surface area (TPSA) is 47.7 Å². The van der Waals surface area contributed by atoms with Crippen LogP contribution in [0, 0.1) is 0 Å². The van der Waals surface area contributed by atoms with Gasteiger partial charge in [-0.1, -0.05) is 11.3 Å². The molecule has 0 unspecified atom stereocenters. The van der Waals surface area contributed by atoms with Gasteiger partial charge in [-0.3, -0.25) is 4.90 Å². The smallest absolute Gasteiger partial charge is 0.273 e. The molecule has 6 heteroatoms. The lowest BCUT2D eigenvalue weighted by molar-refractivity contribution is 0.0322. The van der Waals surface area contributed by atoms with E-state index >= 15 is 0 Å². The molecule has 1 fully saturated rings. The minimum Gasteiger partial charge on any atom is -0.472 e. The molecule has 3 heterocycles. The van der Waals surface area contributed by atoms with Gasteiger partial charge in [-0.15, -0.1) is 0 Å². The molecule has 19 heavy (non-hydrogen) atoms. The van der Waals surface area contributed by atoms with Crippen molar-refractivity contribution in [3.63, 3.8) is 0 Å². The Hall–Kier alpha value is -1.37. The molecule has 1 saturated heterocycles. The van der Waals surface area contributed by atoms with Crippen molar-refractivity contribution >= 4 is 11.3 Å². The standard InChI is InChI=1S/C13H16N2O3S/c1-5-17-9-11(1)12-10-19-13(14-12)18-8-4-15-2-6-16-7-3-15/h1,5,9-10H,2-4,6-8H2. The van der Waals surface area contributed by atoms with Crippen molar-refractivity contribution in [2.24, 2.45) is 0 Å². The average molecular weight is 280 g/mol. The van der Waals surface area contributed by atoms with E-state index in [1.807, 2.05) is 11.4 Å². The van der Waals surface area contributed by atoms with Crippen LogP contribution in [0.3, 0.4) is 0 Å². The molecule has 0 amide bonds. The fraction of sp³-hybridized carbons (Fsp3) is 0.462. The highest BCUT2D eigenvalue weighted by molar-refractivity contribution is 7.11. The zero-order valence-corrected chi connectivity index (χ0v) is 11.4. The average Bonchev–Trinajstić information content (AvgIpc) is 3.10. The molecule has 0 aliphatic carbocycles. The number of furan rings is 1. The van der Waals surface area contributed by atoms with Gasteiger partial charge in [0.1, 0.15) is 6.61 Å². The second-order valence-electron chi connectivity index (χ2n) is 4.31. The van der Waals surface area contributed by atoms with Gasteiger partial charge in [0.05, 0.1) is 31.4 Å². The molecule has 0 spiro atoms. The summed E-state index contributed by atoms with van der Waals surface area (Å²) >= 11 is 1.52. The van der Waals surface area contributed by atoms with Gasteiger partial charge in [0.15, 0.2) is 0 Å². The minimum atomic E-state index is 0.665. The monoisotopic (exact) mass is 280 g/mol. The van der Waals surface area contributed by atoms with Crippen molar-refractivity contribution in [1.82, 2.24) is 9.88 Å². The first-order chi connectivity index (χ1) is 9.42. The number of thiazole rings is 1. The fourth-order valence-corrected chi connectivity index (χ4v) is 2.66. The number of aromatic nitrogens is 1. The molecule has 0 aromatic carbocycles. The zero-order chi connectivity index (χ0) is 12.9. The molecule has 2 aromatic rings. The van der Waals surface area contributed by atoms with Crippen molar-refractivity contribution in [2.75, 3.05) is 39.5 Å². The summed E-state index contributed by atoms with van der Waals surface area (Å²) in [5.41, 5.74) is 1.89. The second kappa shape index (κ2) is 6.18. The van der Waals surface area contributed by atoms with Crippen molar-refractivity contribution in [3.8, 4) is 16.5 Å². The molecule has 2 aromatic heterocycles. The molecular formula is C13H16N2O3S. The van der Waals surface area contributed by atoms with Crippen LogP contribution in [0.4, 0.5) is 0 Å². The number of hydrogen-bond donors (Lipinski definition) is 0. The van der Waals surface area contributed by atoms with Crippen LogP contribution >= 0.6 is 11.3 Å². The summed E-state index contributed by atoms with van der Waals surface area (Å²) in [5, 5.41) is 2.69. The maximum Gasteiger partial charge on any atom is 0.273 e. The van der Waals surface area contributed by atoms with Gasteiger partial charge < -0.3 is 13.9 Å². The van der Waals surface area contributed by atoms with Crippen LogP contribution in [-0.2, 0) is 4.74 Å². The fourth-order valence-electron chi connectivity index (χ4n) is 1.95. The van der Waals surface area contributed by atoms with Crippen molar-refractivity contribution in [1.29, 1.82) is 0 Å². The molecule has 1 aliphatic rings. The van der Waals surface area contributed by atoms with Gasteiger partial charge in [-0.2, -0.15) is 0 Å². The van der Waals surface area contributed by atoms with E-state index in [1.54, 1.807) is 12.5 Å². The third-order valence-electron chi connectivity index (χ3n) is 3.04. The maximum absolute atomic E-state index is 5.68. The Morgan fingerprint density at radius 2 is 2.26 bits per heavy atom. The first kappa shape index (κ1) is 12.7. The summed E-state index contributed by atoms with van der Waals surface area (Å²) in [6.45, 7) is 5.20. The lowest BCUT2D eigenvalue weighted by Gasteiger charge is -2.26. The number of rotatable bonds is 5. The Morgan fingerprint density at radius 3 is 3.05 bits per heavy atom. The van der Waals surface area contributed by atoms with Crippen molar-refractivity contribution in [3.05, 3.63) is 24.0 Å². The largest absolute Gasteiger partial charge is 0.472 e. The normalized spacial score (nSPS) is 16.6. The number of morpholine rings is 1. The highest BCUT2D eigenvalue weighted by atomic mass is 32.1. The van der Waals surface area contributed by atoms with Crippen molar-refractivity contribution < 1.29 is 13.9 Å². The summed E-state index contributed by atoms with van der Waals surface area (Å²) in [6, 6.07) is 1.90. The van der Waals surface area contributed by atoms with Gasteiger partial charge in [0.2, 0.25) is 0 Å². The van der Waals surface area contributed by atoms with E-state index in [1.165, 1.54) is 11.3 Å². The summed E-state index contributed by atoms with van der Waals surface area (Å²) in [5.74, 6) is 0. The van der Waals surface area contributed by atoms with Gasteiger partial charge in [-0.25, -0.2) is 4.98 Å². The lowest BCUT2D eigenvalue weighted by atomic mass is 10.3. The molecule has 0 saturated carbocycles. The summed E-state index contributed by atoms with van der Waals surface area (Å²) < 4.78 is 16.0. The van der Waals surface area contributed by atoms with Gasteiger partial charge in [0.25, 0.3) is 5.19 Å². The quantitative estimate of drug-likeness (QED) is 0.839. The number of ether oxygens (including phenoxy) is 2. The molecule has 0 atom stereocenters. The first-order valence-corrected chi connectivity index (χ1v) is 7.21. The summed E-state index contributed by atoms with van der Waals surface area (Å²) in [6.07, 6.45) is 3.33. The zero-order valence-electron chi connectivity index (χ0n) is 10.6. The first-order valence-electron chi connectivity index (χ1n) is 6.33. The molecule has 3 rings (SSSR count). The van der Waals surface area contributed by atoms with Crippen molar-refractivity contribution in [2.45, 2.75) is 0 Å². The van der Waals surface area contributed by atoms with E-state index in [-0.39, 0.29) is 0 Å². The molecule has 1 aliphatic heterocycles. The third-order valence-corrected chi connectivity index (χ3v) is 3.79. The Labute approximate surface area is 115 Å². The molecule has 0 N–H and O–H groups in total. The number of nitrogens with zero attached hydrogens (tertiary/aromatic N) is 2. The molecule has 5 nitrogen and oxygen atoms in total. The summed E-state index contributed by atoms with van der Waals surface area (Å²) in [7, 11) is 0.